The molecule has 0 saturated carbocycles. The van der Waals surface area contributed by atoms with Gasteiger partial charge in [-0.3, -0.25) is 4.79 Å². The number of rotatable bonds is 3. The molecule has 1 aliphatic heterocycles. The Morgan fingerprint density at radius 3 is 2.94 bits per heavy atom. The van der Waals surface area contributed by atoms with E-state index in [1.165, 1.54) is 12.1 Å². The molecule has 1 aromatic carbocycles. The number of nitrogens with one attached hydrogen (secondary N) is 1. The van der Waals surface area contributed by atoms with Crippen LogP contribution in [0.4, 0.5) is 4.39 Å². The van der Waals surface area contributed by atoms with Crippen molar-refractivity contribution < 1.29 is 9.18 Å². The van der Waals surface area contributed by atoms with E-state index in [2.05, 4.69) is 5.32 Å². The van der Waals surface area contributed by atoms with Crippen molar-refractivity contribution in [3.8, 4) is 0 Å². The van der Waals surface area contributed by atoms with Gasteiger partial charge in [-0.15, -0.1) is 0 Å². The zero-order valence-electron chi connectivity index (χ0n) is 10.3. The first-order valence-corrected chi connectivity index (χ1v) is 6.09. The van der Waals surface area contributed by atoms with E-state index in [-0.39, 0.29) is 23.6 Å². The summed E-state index contributed by atoms with van der Waals surface area (Å²) in [6.07, 6.45) is 1.24. The number of carbonyl (C=O) groups excluding carboxylic acids is 1. The maximum absolute atomic E-state index is 13.1. The lowest BCUT2D eigenvalue weighted by atomic mass is 9.91. The van der Waals surface area contributed by atoms with Crippen LogP contribution < -0.4 is 5.32 Å². The first-order chi connectivity index (χ1) is 8.08. The lowest BCUT2D eigenvalue weighted by molar-refractivity contribution is -0.122. The highest BCUT2D eigenvalue weighted by Gasteiger charge is 2.29. The van der Waals surface area contributed by atoms with Gasteiger partial charge in [-0.1, -0.05) is 6.07 Å². The molecule has 1 saturated heterocycles. The van der Waals surface area contributed by atoms with Gasteiger partial charge in [0.25, 0.3) is 0 Å². The summed E-state index contributed by atoms with van der Waals surface area (Å²) in [5, 5.41) is 3.27. The van der Waals surface area contributed by atoms with Crippen LogP contribution in [0.1, 0.15) is 24.5 Å². The first kappa shape index (κ1) is 12.2. The second-order valence-electron chi connectivity index (χ2n) is 4.85. The van der Waals surface area contributed by atoms with Crippen molar-refractivity contribution >= 4 is 5.78 Å². The largest absolute Gasteiger partial charge is 0.314 e. The van der Waals surface area contributed by atoms with Crippen molar-refractivity contribution in [3.05, 3.63) is 35.1 Å². The molecule has 2 atom stereocenters. The third-order valence-electron chi connectivity index (χ3n) is 3.61. The summed E-state index contributed by atoms with van der Waals surface area (Å²) in [5.41, 5.74) is 1.80. The van der Waals surface area contributed by atoms with Gasteiger partial charge < -0.3 is 5.32 Å². The highest BCUT2D eigenvalue weighted by Crippen LogP contribution is 2.20. The van der Waals surface area contributed by atoms with E-state index < -0.39 is 0 Å². The van der Waals surface area contributed by atoms with E-state index in [9.17, 15) is 9.18 Å². The molecule has 1 N–H and O–H groups in total. The maximum Gasteiger partial charge on any atom is 0.141 e. The minimum Gasteiger partial charge on any atom is -0.314 e. The molecule has 92 valence electrons. The summed E-state index contributed by atoms with van der Waals surface area (Å²) in [4.78, 5) is 12.1. The minimum atomic E-state index is -0.268. The Morgan fingerprint density at radius 2 is 2.29 bits per heavy atom. The van der Waals surface area contributed by atoms with E-state index in [1.807, 2.05) is 13.8 Å². The Morgan fingerprint density at radius 1 is 1.53 bits per heavy atom. The monoisotopic (exact) mass is 235 g/mol. The summed E-state index contributed by atoms with van der Waals surface area (Å²) in [6, 6.07) is 4.88. The molecule has 0 radical (unpaired) electrons. The van der Waals surface area contributed by atoms with E-state index in [0.717, 1.165) is 24.1 Å². The molecule has 2 rings (SSSR count). The molecule has 17 heavy (non-hydrogen) atoms. The van der Waals surface area contributed by atoms with Crippen molar-refractivity contribution in [3.63, 3.8) is 0 Å². The Kier molecular flexibility index (Phi) is 3.57. The van der Waals surface area contributed by atoms with E-state index in [1.54, 1.807) is 6.07 Å². The van der Waals surface area contributed by atoms with Crippen LogP contribution in [-0.2, 0) is 11.2 Å². The number of ketones is 1. The molecule has 1 aromatic rings. The number of carbonyl (C=O) groups is 1. The third-order valence-corrected chi connectivity index (χ3v) is 3.61. The van der Waals surface area contributed by atoms with E-state index in [4.69, 9.17) is 0 Å². The third kappa shape index (κ3) is 2.72. The van der Waals surface area contributed by atoms with Gasteiger partial charge in [0, 0.05) is 18.4 Å². The molecule has 3 heteroatoms. The number of benzene rings is 1. The van der Waals surface area contributed by atoms with Crippen molar-refractivity contribution in [1.29, 1.82) is 0 Å². The Balaban J connectivity index is 2.10. The Hall–Kier alpha value is -1.22. The van der Waals surface area contributed by atoms with Crippen LogP contribution in [0.15, 0.2) is 18.2 Å². The molecule has 0 bridgehead atoms. The molecule has 2 unspecified atom stereocenters. The number of hydrogen-bond donors (Lipinski definition) is 1. The molecule has 2 nitrogen and oxygen atoms in total. The van der Waals surface area contributed by atoms with Crippen LogP contribution in [-0.4, -0.2) is 18.4 Å². The SMILES string of the molecule is Cc1ccc(F)cc1CC(=O)C1CCNC1C. The average Bonchev–Trinajstić information content (AvgIpc) is 2.70. The zero-order valence-corrected chi connectivity index (χ0v) is 10.3. The zero-order chi connectivity index (χ0) is 12.4. The van der Waals surface area contributed by atoms with Gasteiger partial charge in [-0.05, 0) is 50.1 Å². The molecular weight excluding hydrogens is 217 g/mol. The van der Waals surface area contributed by atoms with Crippen LogP contribution >= 0.6 is 0 Å². The van der Waals surface area contributed by atoms with Gasteiger partial charge in [0.1, 0.15) is 11.6 Å². The van der Waals surface area contributed by atoms with Crippen molar-refractivity contribution in [1.82, 2.24) is 5.32 Å². The predicted octanol–water partition coefficient (Wildman–Crippen LogP) is 2.24. The number of aryl methyl sites for hydroxylation is 1. The lowest BCUT2D eigenvalue weighted by Crippen LogP contribution is -2.29. The minimum absolute atomic E-state index is 0.0812. The second-order valence-corrected chi connectivity index (χ2v) is 4.85. The van der Waals surface area contributed by atoms with Crippen molar-refractivity contribution in [2.45, 2.75) is 32.7 Å². The molecule has 0 spiro atoms. The van der Waals surface area contributed by atoms with E-state index >= 15 is 0 Å². The van der Waals surface area contributed by atoms with Gasteiger partial charge in [-0.25, -0.2) is 4.39 Å². The molecule has 0 amide bonds. The molecule has 1 heterocycles. The van der Waals surface area contributed by atoms with Crippen LogP contribution in [0.2, 0.25) is 0 Å². The fourth-order valence-electron chi connectivity index (χ4n) is 2.45. The van der Waals surface area contributed by atoms with Gasteiger partial charge in [0.15, 0.2) is 0 Å². The average molecular weight is 235 g/mol. The van der Waals surface area contributed by atoms with Crippen LogP contribution in [0.3, 0.4) is 0 Å². The summed E-state index contributed by atoms with van der Waals surface area (Å²) in [6.45, 7) is 4.85. The maximum atomic E-state index is 13.1. The summed E-state index contributed by atoms with van der Waals surface area (Å²) >= 11 is 0. The van der Waals surface area contributed by atoms with E-state index in [0.29, 0.717) is 6.42 Å². The molecule has 1 aliphatic rings. The standard InChI is InChI=1S/C14H18FNO/c1-9-3-4-12(15)7-11(9)8-14(17)13-5-6-16-10(13)2/h3-4,7,10,13,16H,5-6,8H2,1-2H3. The van der Waals surface area contributed by atoms with Gasteiger partial charge >= 0.3 is 0 Å². The molecule has 0 aliphatic carbocycles. The summed E-state index contributed by atoms with van der Waals surface area (Å²) in [7, 11) is 0. The predicted molar refractivity (Wildman–Crippen MR) is 65.4 cm³/mol. The topological polar surface area (TPSA) is 29.1 Å². The fourth-order valence-corrected chi connectivity index (χ4v) is 2.45. The molecule has 0 aromatic heterocycles. The normalized spacial score (nSPS) is 23.9. The van der Waals surface area contributed by atoms with Gasteiger partial charge in [0.05, 0.1) is 0 Å². The molecule has 1 fully saturated rings. The second kappa shape index (κ2) is 4.96. The lowest BCUT2D eigenvalue weighted by Gasteiger charge is -2.14. The first-order valence-electron chi connectivity index (χ1n) is 6.09. The highest BCUT2D eigenvalue weighted by molar-refractivity contribution is 5.84. The smallest absolute Gasteiger partial charge is 0.141 e. The van der Waals surface area contributed by atoms with Gasteiger partial charge in [0.2, 0.25) is 0 Å². The fraction of sp³-hybridized carbons (Fsp3) is 0.500. The van der Waals surface area contributed by atoms with Crippen molar-refractivity contribution in [2.75, 3.05) is 6.54 Å². The van der Waals surface area contributed by atoms with Gasteiger partial charge in [-0.2, -0.15) is 0 Å². The Labute approximate surface area is 101 Å². The summed E-state index contributed by atoms with van der Waals surface area (Å²) in [5.74, 6) is 0.0323. The quantitative estimate of drug-likeness (QED) is 0.870. The molecular formula is C14H18FNO. The highest BCUT2D eigenvalue weighted by atomic mass is 19.1. The Bertz CT molecular complexity index is 430. The van der Waals surface area contributed by atoms with Crippen LogP contribution in [0.25, 0.3) is 0 Å². The van der Waals surface area contributed by atoms with Crippen LogP contribution in [0, 0.1) is 18.7 Å². The number of halogens is 1. The van der Waals surface area contributed by atoms with Crippen molar-refractivity contribution in [2.24, 2.45) is 5.92 Å². The number of Topliss-reactive ketones (excluding diaryl/α,β-unsaturated/α-hetero) is 1. The van der Waals surface area contributed by atoms with Crippen LogP contribution in [0.5, 0.6) is 0 Å². The summed E-state index contributed by atoms with van der Waals surface area (Å²) < 4.78 is 13.1. The number of hydrogen-bond acceptors (Lipinski definition) is 2.